The third-order valence-corrected chi connectivity index (χ3v) is 3.59. The number of ether oxygens (including phenoxy) is 2. The molecule has 2 amide bonds. The first-order chi connectivity index (χ1) is 12.6. The smallest absolute Gasteiger partial charge is 0.411 e. The highest BCUT2D eigenvalue weighted by molar-refractivity contribution is 5.85. The SMILES string of the molecule is C[C@@H](CCCCOC(=O)Nc1ccccc1)OC(=O)Nc1ccccc1. The molecule has 2 aromatic carbocycles. The predicted molar refractivity (Wildman–Crippen MR) is 101 cm³/mol. The summed E-state index contributed by atoms with van der Waals surface area (Å²) in [4.78, 5) is 23.4. The molecule has 0 aliphatic carbocycles. The number of carbonyl (C=O) groups is 2. The average Bonchev–Trinajstić information content (AvgIpc) is 2.63. The maximum Gasteiger partial charge on any atom is 0.411 e. The van der Waals surface area contributed by atoms with Gasteiger partial charge in [0.2, 0.25) is 0 Å². The summed E-state index contributed by atoms with van der Waals surface area (Å²) in [6.07, 6.45) is 1.04. The summed E-state index contributed by atoms with van der Waals surface area (Å²) in [6.45, 7) is 2.16. The van der Waals surface area contributed by atoms with Crippen molar-refractivity contribution in [2.75, 3.05) is 17.2 Å². The molecule has 2 rings (SSSR count). The second kappa shape index (κ2) is 10.8. The molecule has 0 aliphatic rings. The van der Waals surface area contributed by atoms with E-state index in [2.05, 4.69) is 10.6 Å². The van der Waals surface area contributed by atoms with E-state index < -0.39 is 12.2 Å². The van der Waals surface area contributed by atoms with Gasteiger partial charge in [-0.05, 0) is 50.5 Å². The highest BCUT2D eigenvalue weighted by Gasteiger charge is 2.09. The van der Waals surface area contributed by atoms with E-state index in [1.165, 1.54) is 0 Å². The molecule has 0 aromatic heterocycles. The second-order valence-electron chi connectivity index (χ2n) is 5.83. The maximum atomic E-state index is 11.8. The Morgan fingerprint density at radius 3 is 1.96 bits per heavy atom. The van der Waals surface area contributed by atoms with Gasteiger partial charge in [-0.3, -0.25) is 10.6 Å². The Labute approximate surface area is 153 Å². The third-order valence-electron chi connectivity index (χ3n) is 3.59. The van der Waals surface area contributed by atoms with E-state index in [4.69, 9.17) is 9.47 Å². The zero-order valence-electron chi connectivity index (χ0n) is 14.8. The van der Waals surface area contributed by atoms with Crippen molar-refractivity contribution in [3.05, 3.63) is 60.7 Å². The number of nitrogens with one attached hydrogen (secondary N) is 2. The fraction of sp³-hybridized carbons (Fsp3) is 0.300. The van der Waals surface area contributed by atoms with Gasteiger partial charge >= 0.3 is 12.2 Å². The summed E-state index contributed by atoms with van der Waals surface area (Å²) in [6, 6.07) is 18.3. The van der Waals surface area contributed by atoms with Gasteiger partial charge in [-0.2, -0.15) is 0 Å². The first kappa shape index (κ1) is 19.3. The van der Waals surface area contributed by atoms with Gasteiger partial charge in [-0.1, -0.05) is 36.4 Å². The Morgan fingerprint density at radius 2 is 1.38 bits per heavy atom. The van der Waals surface area contributed by atoms with Crippen molar-refractivity contribution >= 4 is 23.6 Å². The molecule has 0 saturated carbocycles. The van der Waals surface area contributed by atoms with Crippen molar-refractivity contribution in [1.29, 1.82) is 0 Å². The summed E-state index contributed by atoms with van der Waals surface area (Å²) in [7, 11) is 0. The van der Waals surface area contributed by atoms with Crippen LogP contribution in [0.25, 0.3) is 0 Å². The van der Waals surface area contributed by atoms with E-state index >= 15 is 0 Å². The molecule has 0 aliphatic heterocycles. The van der Waals surface area contributed by atoms with Gasteiger partial charge in [0, 0.05) is 11.4 Å². The van der Waals surface area contributed by atoms with Crippen molar-refractivity contribution in [3.63, 3.8) is 0 Å². The van der Waals surface area contributed by atoms with Gasteiger partial charge in [-0.15, -0.1) is 0 Å². The standard InChI is InChI=1S/C20H24N2O4/c1-16(26-20(24)22-18-13-6-3-7-14-18)10-8-9-15-25-19(23)21-17-11-4-2-5-12-17/h2-7,11-14,16H,8-10,15H2,1H3,(H,21,23)(H,22,24)/t16-/m0/s1. The Hall–Kier alpha value is -3.02. The molecule has 1 atom stereocenters. The first-order valence-corrected chi connectivity index (χ1v) is 8.65. The van der Waals surface area contributed by atoms with Crippen molar-refractivity contribution in [1.82, 2.24) is 0 Å². The van der Waals surface area contributed by atoms with Crippen LogP contribution in [-0.4, -0.2) is 24.9 Å². The van der Waals surface area contributed by atoms with Crippen LogP contribution in [-0.2, 0) is 9.47 Å². The molecular weight excluding hydrogens is 332 g/mol. The number of hydrogen-bond acceptors (Lipinski definition) is 4. The normalized spacial score (nSPS) is 11.3. The largest absolute Gasteiger partial charge is 0.449 e. The number of anilines is 2. The van der Waals surface area contributed by atoms with Crippen LogP contribution in [0, 0.1) is 0 Å². The summed E-state index contributed by atoms with van der Waals surface area (Å²) < 4.78 is 10.4. The lowest BCUT2D eigenvalue weighted by atomic mass is 10.2. The zero-order chi connectivity index (χ0) is 18.6. The van der Waals surface area contributed by atoms with Crippen LogP contribution in [0.2, 0.25) is 0 Å². The third kappa shape index (κ3) is 7.70. The van der Waals surface area contributed by atoms with Crippen LogP contribution in [0.5, 0.6) is 0 Å². The lowest BCUT2D eigenvalue weighted by molar-refractivity contribution is 0.112. The second-order valence-corrected chi connectivity index (χ2v) is 5.83. The monoisotopic (exact) mass is 356 g/mol. The molecule has 0 saturated heterocycles. The molecular formula is C20H24N2O4. The van der Waals surface area contributed by atoms with Crippen LogP contribution in [0.15, 0.2) is 60.7 Å². The molecule has 0 spiro atoms. The molecule has 6 heteroatoms. The molecule has 138 valence electrons. The number of para-hydroxylation sites is 2. The van der Waals surface area contributed by atoms with E-state index in [-0.39, 0.29) is 6.10 Å². The summed E-state index contributed by atoms with van der Waals surface area (Å²) in [5.74, 6) is 0. The highest BCUT2D eigenvalue weighted by Crippen LogP contribution is 2.10. The maximum absolute atomic E-state index is 11.8. The molecule has 6 nitrogen and oxygen atoms in total. The molecule has 2 aromatic rings. The van der Waals surface area contributed by atoms with E-state index in [1.807, 2.05) is 43.3 Å². The molecule has 0 radical (unpaired) electrons. The van der Waals surface area contributed by atoms with Crippen molar-refractivity contribution < 1.29 is 19.1 Å². The fourth-order valence-electron chi connectivity index (χ4n) is 2.28. The summed E-state index contributed by atoms with van der Waals surface area (Å²) in [5.41, 5.74) is 1.39. The van der Waals surface area contributed by atoms with E-state index in [0.29, 0.717) is 30.8 Å². The first-order valence-electron chi connectivity index (χ1n) is 8.65. The average molecular weight is 356 g/mol. The topological polar surface area (TPSA) is 76.7 Å². The van der Waals surface area contributed by atoms with Crippen LogP contribution >= 0.6 is 0 Å². The quantitative estimate of drug-likeness (QED) is 0.650. The van der Waals surface area contributed by atoms with Gasteiger partial charge < -0.3 is 9.47 Å². The molecule has 2 N–H and O–H groups in total. The Balaban J connectivity index is 1.53. The number of amides is 2. The molecule has 26 heavy (non-hydrogen) atoms. The predicted octanol–water partition coefficient (Wildman–Crippen LogP) is 5.04. The van der Waals surface area contributed by atoms with Crippen LogP contribution in [0.3, 0.4) is 0 Å². The van der Waals surface area contributed by atoms with Crippen molar-refractivity contribution in [2.24, 2.45) is 0 Å². The van der Waals surface area contributed by atoms with Gasteiger partial charge in [0.25, 0.3) is 0 Å². The van der Waals surface area contributed by atoms with E-state index in [1.54, 1.807) is 24.3 Å². The minimum atomic E-state index is -0.470. The number of carbonyl (C=O) groups excluding carboxylic acids is 2. The molecule has 0 unspecified atom stereocenters. The minimum Gasteiger partial charge on any atom is -0.449 e. The van der Waals surface area contributed by atoms with Gasteiger partial charge in [0.1, 0.15) is 6.10 Å². The van der Waals surface area contributed by atoms with Gasteiger partial charge in [-0.25, -0.2) is 9.59 Å². The van der Waals surface area contributed by atoms with Crippen molar-refractivity contribution in [3.8, 4) is 0 Å². The van der Waals surface area contributed by atoms with E-state index in [9.17, 15) is 9.59 Å². The molecule has 0 fully saturated rings. The minimum absolute atomic E-state index is 0.211. The Kier molecular flexibility index (Phi) is 7.99. The number of benzene rings is 2. The highest BCUT2D eigenvalue weighted by atomic mass is 16.6. The Morgan fingerprint density at radius 1 is 0.846 bits per heavy atom. The zero-order valence-corrected chi connectivity index (χ0v) is 14.8. The lowest BCUT2D eigenvalue weighted by Gasteiger charge is -2.14. The molecule has 0 heterocycles. The van der Waals surface area contributed by atoms with Crippen molar-refractivity contribution in [2.45, 2.75) is 32.3 Å². The van der Waals surface area contributed by atoms with E-state index in [0.717, 1.165) is 6.42 Å². The number of unbranched alkanes of at least 4 members (excludes halogenated alkanes) is 1. The van der Waals surface area contributed by atoms with Gasteiger partial charge in [0.15, 0.2) is 0 Å². The number of rotatable bonds is 8. The Bertz CT molecular complexity index is 677. The van der Waals surface area contributed by atoms with Crippen LogP contribution in [0.4, 0.5) is 21.0 Å². The molecule has 0 bridgehead atoms. The number of hydrogen-bond donors (Lipinski definition) is 2. The fourth-order valence-corrected chi connectivity index (χ4v) is 2.28. The van der Waals surface area contributed by atoms with Gasteiger partial charge in [0.05, 0.1) is 6.61 Å². The summed E-state index contributed by atoms with van der Waals surface area (Å²) in [5, 5.41) is 5.33. The summed E-state index contributed by atoms with van der Waals surface area (Å²) >= 11 is 0. The van der Waals surface area contributed by atoms with Crippen LogP contribution in [0.1, 0.15) is 26.2 Å². The van der Waals surface area contributed by atoms with Crippen LogP contribution < -0.4 is 10.6 Å². The lowest BCUT2D eigenvalue weighted by Crippen LogP contribution is -2.20.